The molecule has 13 nitrogen and oxygen atoms in total. The summed E-state index contributed by atoms with van der Waals surface area (Å²) in [5.74, 6) is -0.690. The Bertz CT molecular complexity index is 1810. The van der Waals surface area contributed by atoms with E-state index in [4.69, 9.17) is 16.3 Å². The molecule has 3 amide bonds. The van der Waals surface area contributed by atoms with E-state index in [2.05, 4.69) is 19.8 Å². The largest absolute Gasteiger partial charge is 0.481 e. The van der Waals surface area contributed by atoms with Crippen LogP contribution in [0, 0.1) is 0 Å². The third kappa shape index (κ3) is 5.40. The lowest BCUT2D eigenvalue weighted by Gasteiger charge is -2.33. The van der Waals surface area contributed by atoms with Gasteiger partial charge in [0.2, 0.25) is 16.3 Å². The SMILES string of the molecule is Cn1nc(C2CCC(=O)NC2=O)c2cccc(OCC(=O)N3CCN(S(=O)(=O)c4ccc(-c5nsc(Cl)n5)s4)CC3)c21. The van der Waals surface area contributed by atoms with Crippen molar-refractivity contribution in [1.29, 1.82) is 0 Å². The molecule has 0 saturated carbocycles. The van der Waals surface area contributed by atoms with Gasteiger partial charge < -0.3 is 9.64 Å². The molecule has 6 rings (SSSR count). The predicted molar refractivity (Wildman–Crippen MR) is 155 cm³/mol. The number of thiophene rings is 1. The summed E-state index contributed by atoms with van der Waals surface area (Å²) in [4.78, 5) is 43.3. The Morgan fingerprint density at radius 2 is 1.95 bits per heavy atom. The number of aryl methyl sites for hydroxylation is 1. The highest BCUT2D eigenvalue weighted by atomic mass is 35.5. The van der Waals surface area contributed by atoms with Gasteiger partial charge in [0.1, 0.15) is 15.5 Å². The first-order valence-corrected chi connectivity index (χ1v) is 16.3. The number of para-hydroxylation sites is 1. The molecule has 2 aliphatic rings. The van der Waals surface area contributed by atoms with E-state index in [1.165, 1.54) is 10.4 Å². The Kier molecular flexibility index (Phi) is 7.74. The minimum atomic E-state index is -3.75. The van der Waals surface area contributed by atoms with E-state index in [-0.39, 0.29) is 65.6 Å². The lowest BCUT2D eigenvalue weighted by atomic mass is 9.93. The molecule has 5 heterocycles. The van der Waals surface area contributed by atoms with Crippen molar-refractivity contribution >= 4 is 73.1 Å². The van der Waals surface area contributed by atoms with E-state index < -0.39 is 15.9 Å². The molecule has 0 radical (unpaired) electrons. The lowest BCUT2D eigenvalue weighted by molar-refractivity contribution is -0.135. The van der Waals surface area contributed by atoms with Crippen LogP contribution in [0.5, 0.6) is 5.75 Å². The van der Waals surface area contributed by atoms with E-state index in [1.807, 2.05) is 6.07 Å². The third-order valence-corrected chi connectivity index (χ3v) is 11.4. The first-order chi connectivity index (χ1) is 20.1. The zero-order valence-electron chi connectivity index (χ0n) is 22.1. The fraction of sp³-hybridized carbons (Fsp3) is 0.360. The van der Waals surface area contributed by atoms with Gasteiger partial charge >= 0.3 is 0 Å². The maximum atomic E-state index is 13.2. The van der Waals surface area contributed by atoms with Crippen LogP contribution in [-0.4, -0.2) is 87.3 Å². The van der Waals surface area contributed by atoms with Crippen LogP contribution in [0.2, 0.25) is 4.47 Å². The van der Waals surface area contributed by atoms with Crippen LogP contribution in [0.4, 0.5) is 0 Å². The standard InChI is InChI=1S/C25H24ClN7O6S3/c1-31-22-14(21(29-31)15-5-7-18(34)27-24(15)36)3-2-4-16(22)39-13-19(35)32-9-11-33(12-10-32)42(37,38)20-8-6-17(40-20)23-28-25(26)41-30-23/h2-4,6,8,15H,5,7,9-13H2,1H3,(H,27,34,36). The van der Waals surface area contributed by atoms with Gasteiger partial charge in [0.15, 0.2) is 12.4 Å². The summed E-state index contributed by atoms with van der Waals surface area (Å²) >= 11 is 7.96. The number of hydrogen-bond acceptors (Lipinski definition) is 11. The van der Waals surface area contributed by atoms with E-state index in [0.29, 0.717) is 39.5 Å². The Morgan fingerprint density at radius 3 is 2.67 bits per heavy atom. The smallest absolute Gasteiger partial charge is 0.260 e. The Hall–Kier alpha value is -3.44. The lowest BCUT2D eigenvalue weighted by Crippen LogP contribution is -2.51. The molecular weight excluding hydrogens is 626 g/mol. The Morgan fingerprint density at radius 1 is 1.17 bits per heavy atom. The van der Waals surface area contributed by atoms with Crippen LogP contribution in [0.3, 0.4) is 0 Å². The summed E-state index contributed by atoms with van der Waals surface area (Å²) in [7, 11) is -2.02. The molecule has 1 N–H and O–H groups in total. The van der Waals surface area contributed by atoms with Crippen LogP contribution in [-0.2, 0) is 31.5 Å². The molecule has 4 aromatic rings. The summed E-state index contributed by atoms with van der Waals surface area (Å²) in [6, 6.07) is 8.50. The van der Waals surface area contributed by atoms with Gasteiger partial charge in [0.25, 0.3) is 15.9 Å². The maximum absolute atomic E-state index is 13.2. The number of ether oxygens (including phenoxy) is 1. The van der Waals surface area contributed by atoms with Crippen LogP contribution in [0.15, 0.2) is 34.5 Å². The van der Waals surface area contributed by atoms with Crippen LogP contribution in [0.1, 0.15) is 24.5 Å². The number of aromatic nitrogens is 4. The highest BCUT2D eigenvalue weighted by molar-refractivity contribution is 7.91. The second-order valence-corrected chi connectivity index (χ2v) is 14.3. The summed E-state index contributed by atoms with van der Waals surface area (Å²) in [5.41, 5.74) is 1.18. The summed E-state index contributed by atoms with van der Waals surface area (Å²) in [5, 5.41) is 7.61. The van der Waals surface area contributed by atoms with Gasteiger partial charge in [-0.3, -0.25) is 24.4 Å². The number of benzene rings is 1. The third-order valence-electron chi connectivity index (χ3n) is 7.17. The van der Waals surface area contributed by atoms with Crippen molar-refractivity contribution < 1.29 is 27.5 Å². The molecule has 0 spiro atoms. The van der Waals surface area contributed by atoms with E-state index >= 15 is 0 Å². The predicted octanol–water partition coefficient (Wildman–Crippen LogP) is 2.24. The zero-order chi connectivity index (χ0) is 29.6. The van der Waals surface area contributed by atoms with Crippen molar-refractivity contribution in [3.63, 3.8) is 0 Å². The number of fused-ring (bicyclic) bond motifs is 1. The minimum absolute atomic E-state index is 0.148. The highest BCUT2D eigenvalue weighted by Crippen LogP contribution is 2.35. The average molecular weight is 650 g/mol. The van der Waals surface area contributed by atoms with Gasteiger partial charge in [-0.15, -0.1) is 11.3 Å². The minimum Gasteiger partial charge on any atom is -0.481 e. The molecule has 0 bridgehead atoms. The molecule has 1 unspecified atom stereocenters. The number of hydrogen-bond donors (Lipinski definition) is 1. The number of piperidine rings is 1. The number of imide groups is 1. The first kappa shape index (κ1) is 28.7. The number of amides is 3. The fourth-order valence-corrected chi connectivity index (χ4v) is 8.56. The second-order valence-electron chi connectivity index (χ2n) is 9.73. The Labute approximate surface area is 253 Å². The molecule has 17 heteroatoms. The van der Waals surface area contributed by atoms with Gasteiger partial charge in [0.05, 0.1) is 16.5 Å². The number of rotatable bonds is 7. The first-order valence-electron chi connectivity index (χ1n) is 12.9. The topological polar surface area (TPSA) is 157 Å². The number of nitrogens with one attached hydrogen (secondary N) is 1. The van der Waals surface area contributed by atoms with Crippen molar-refractivity contribution in [3.8, 4) is 16.5 Å². The summed E-state index contributed by atoms with van der Waals surface area (Å²) in [6.07, 6.45) is 0.606. The molecule has 1 aromatic carbocycles. The summed E-state index contributed by atoms with van der Waals surface area (Å²) < 4.78 is 39.9. The number of carbonyl (C=O) groups excluding carboxylic acids is 3. The molecule has 2 fully saturated rings. The fourth-order valence-electron chi connectivity index (χ4n) is 5.08. The molecular formula is C25H24ClN7O6S3. The highest BCUT2D eigenvalue weighted by Gasteiger charge is 2.33. The number of nitrogens with zero attached hydrogens (tertiary/aromatic N) is 6. The average Bonchev–Trinajstić information content (AvgIpc) is 3.71. The van der Waals surface area contributed by atoms with Gasteiger partial charge in [0, 0.05) is 45.0 Å². The van der Waals surface area contributed by atoms with Gasteiger partial charge in [-0.25, -0.2) is 13.4 Å². The van der Waals surface area contributed by atoms with E-state index in [1.54, 1.807) is 34.8 Å². The van der Waals surface area contributed by atoms with E-state index in [0.717, 1.165) is 22.9 Å². The molecule has 0 aliphatic carbocycles. The van der Waals surface area contributed by atoms with Crippen molar-refractivity contribution in [3.05, 3.63) is 40.5 Å². The molecule has 1 atom stereocenters. The molecule has 42 heavy (non-hydrogen) atoms. The van der Waals surface area contributed by atoms with Crippen LogP contribution < -0.4 is 10.1 Å². The van der Waals surface area contributed by atoms with Gasteiger partial charge in [-0.05, 0) is 47.8 Å². The van der Waals surface area contributed by atoms with Crippen LogP contribution in [0.25, 0.3) is 21.6 Å². The number of sulfonamides is 1. The van der Waals surface area contributed by atoms with Crippen LogP contribution >= 0.6 is 34.5 Å². The van der Waals surface area contributed by atoms with Crippen molar-refractivity contribution in [1.82, 2.24) is 33.7 Å². The van der Waals surface area contributed by atoms with Gasteiger partial charge in [-0.2, -0.15) is 13.8 Å². The number of piperazine rings is 1. The van der Waals surface area contributed by atoms with Gasteiger partial charge in [-0.1, -0.05) is 12.1 Å². The molecule has 2 aliphatic heterocycles. The maximum Gasteiger partial charge on any atom is 0.260 e. The Balaban J connectivity index is 1.09. The molecule has 220 valence electrons. The van der Waals surface area contributed by atoms with Crippen molar-refractivity contribution in [2.75, 3.05) is 32.8 Å². The monoisotopic (exact) mass is 649 g/mol. The molecule has 2 saturated heterocycles. The summed E-state index contributed by atoms with van der Waals surface area (Å²) in [6.45, 7) is 0.489. The number of halogens is 1. The number of carbonyl (C=O) groups is 3. The zero-order valence-corrected chi connectivity index (χ0v) is 25.4. The van der Waals surface area contributed by atoms with Crippen molar-refractivity contribution in [2.24, 2.45) is 7.05 Å². The molecule has 3 aromatic heterocycles. The normalized spacial score (nSPS) is 18.4. The van der Waals surface area contributed by atoms with E-state index in [9.17, 15) is 22.8 Å². The van der Waals surface area contributed by atoms with Crippen molar-refractivity contribution in [2.45, 2.75) is 23.0 Å². The second kappa shape index (κ2) is 11.3. The quantitative estimate of drug-likeness (QED) is 0.297.